The van der Waals surface area contributed by atoms with Crippen molar-refractivity contribution in [2.24, 2.45) is 0 Å². The van der Waals surface area contributed by atoms with E-state index >= 15 is 0 Å². The van der Waals surface area contributed by atoms with Gasteiger partial charge in [-0.1, -0.05) is 17.7 Å². The number of aliphatic hydroxyl groups is 1. The first-order valence-electron chi connectivity index (χ1n) is 7.39. The Morgan fingerprint density at radius 2 is 2.09 bits per heavy atom. The van der Waals surface area contributed by atoms with Crippen LogP contribution in [0, 0.1) is 0 Å². The second kappa shape index (κ2) is 8.72. The number of nitrogens with one attached hydrogen (secondary N) is 1. The molecule has 0 spiro atoms. The highest BCUT2D eigenvalue weighted by molar-refractivity contribution is 6.29. The third-order valence-corrected chi connectivity index (χ3v) is 3.65. The minimum atomic E-state index is -0.0304. The zero-order valence-corrected chi connectivity index (χ0v) is 14.0. The zero-order valence-electron chi connectivity index (χ0n) is 13.3. The number of nitrogens with zero attached hydrogens (tertiary/aromatic N) is 1. The predicted molar refractivity (Wildman–Crippen MR) is 90.1 cm³/mol. The molecule has 0 radical (unpaired) electrons. The van der Waals surface area contributed by atoms with Crippen LogP contribution >= 0.6 is 11.6 Å². The third-order valence-electron chi connectivity index (χ3n) is 3.44. The fraction of sp³-hybridized carbons (Fsp3) is 0.353. The van der Waals surface area contributed by atoms with Crippen LogP contribution < -0.4 is 14.8 Å². The van der Waals surface area contributed by atoms with E-state index in [0.29, 0.717) is 23.2 Å². The fourth-order valence-electron chi connectivity index (χ4n) is 2.17. The molecule has 1 aromatic carbocycles. The molecule has 0 fully saturated rings. The maximum atomic E-state index is 8.84. The molecule has 0 saturated carbocycles. The van der Waals surface area contributed by atoms with E-state index in [1.807, 2.05) is 30.3 Å². The van der Waals surface area contributed by atoms with Crippen molar-refractivity contribution in [3.63, 3.8) is 0 Å². The van der Waals surface area contributed by atoms with Crippen molar-refractivity contribution in [1.29, 1.82) is 0 Å². The molecule has 0 bridgehead atoms. The second-order valence-corrected chi connectivity index (χ2v) is 5.46. The van der Waals surface area contributed by atoms with E-state index < -0.39 is 0 Å². The molecule has 2 N–H and O–H groups in total. The molecule has 0 aliphatic rings. The lowest BCUT2D eigenvalue weighted by atomic mass is 10.1. The van der Waals surface area contributed by atoms with Gasteiger partial charge in [-0.2, -0.15) is 0 Å². The highest BCUT2D eigenvalue weighted by atomic mass is 35.5. The Kier molecular flexibility index (Phi) is 6.65. The molecule has 124 valence electrons. The lowest BCUT2D eigenvalue weighted by Gasteiger charge is -2.17. The van der Waals surface area contributed by atoms with Gasteiger partial charge in [0.15, 0.2) is 11.5 Å². The molecule has 5 nitrogen and oxygen atoms in total. The molecule has 0 aliphatic carbocycles. The van der Waals surface area contributed by atoms with Crippen molar-refractivity contribution >= 4 is 11.6 Å². The summed E-state index contributed by atoms with van der Waals surface area (Å²) in [6, 6.07) is 9.66. The number of aliphatic hydroxyl groups excluding tert-OH is 1. The second-order valence-electron chi connectivity index (χ2n) is 5.07. The largest absolute Gasteiger partial charge is 0.493 e. The Balaban J connectivity index is 2.02. The van der Waals surface area contributed by atoms with E-state index in [1.165, 1.54) is 0 Å². The lowest BCUT2D eigenvalue weighted by molar-refractivity contribution is 0.196. The number of aromatic nitrogens is 1. The molecule has 0 amide bonds. The number of methoxy groups -OCH3 is 1. The molecule has 2 aromatic rings. The van der Waals surface area contributed by atoms with Crippen LogP contribution in [0.25, 0.3) is 0 Å². The average molecular weight is 337 g/mol. The van der Waals surface area contributed by atoms with Gasteiger partial charge in [0.2, 0.25) is 0 Å². The van der Waals surface area contributed by atoms with E-state index in [0.717, 1.165) is 11.1 Å². The van der Waals surface area contributed by atoms with Gasteiger partial charge in [0.05, 0.1) is 13.7 Å². The van der Waals surface area contributed by atoms with E-state index in [2.05, 4.69) is 17.2 Å². The maximum absolute atomic E-state index is 8.84. The molecule has 1 unspecified atom stereocenters. The van der Waals surface area contributed by atoms with Crippen molar-refractivity contribution < 1.29 is 14.6 Å². The van der Waals surface area contributed by atoms with Crippen LogP contribution in [0.2, 0.25) is 5.15 Å². The third kappa shape index (κ3) is 5.10. The monoisotopic (exact) mass is 336 g/mol. The summed E-state index contributed by atoms with van der Waals surface area (Å²) in [5.74, 6) is 1.27. The van der Waals surface area contributed by atoms with Crippen LogP contribution in [-0.2, 0) is 6.54 Å². The number of hydrogen-bond acceptors (Lipinski definition) is 5. The van der Waals surface area contributed by atoms with Gasteiger partial charge in [-0.15, -0.1) is 0 Å². The first-order valence-corrected chi connectivity index (χ1v) is 7.77. The van der Waals surface area contributed by atoms with Crippen LogP contribution in [-0.4, -0.2) is 30.4 Å². The van der Waals surface area contributed by atoms with Crippen molar-refractivity contribution in [3.05, 3.63) is 52.8 Å². The van der Waals surface area contributed by atoms with Crippen molar-refractivity contribution in [3.8, 4) is 11.5 Å². The SMILES string of the molecule is COc1cc(C(C)NCc2ccnc(Cl)c2)ccc1OCCO. The van der Waals surface area contributed by atoms with Crippen molar-refractivity contribution in [2.45, 2.75) is 19.5 Å². The summed E-state index contributed by atoms with van der Waals surface area (Å²) < 4.78 is 10.8. The van der Waals surface area contributed by atoms with Gasteiger partial charge < -0.3 is 19.9 Å². The van der Waals surface area contributed by atoms with Gasteiger partial charge in [0, 0.05) is 18.8 Å². The Bertz CT molecular complexity index is 637. The summed E-state index contributed by atoms with van der Waals surface area (Å²) in [6.45, 7) is 2.98. The van der Waals surface area contributed by atoms with Gasteiger partial charge in [-0.05, 0) is 42.3 Å². The topological polar surface area (TPSA) is 63.6 Å². The van der Waals surface area contributed by atoms with Gasteiger partial charge in [0.25, 0.3) is 0 Å². The number of pyridine rings is 1. The number of ether oxygens (including phenoxy) is 2. The molecule has 0 aliphatic heterocycles. The number of benzene rings is 1. The van der Waals surface area contributed by atoms with Crippen molar-refractivity contribution in [1.82, 2.24) is 10.3 Å². The highest BCUT2D eigenvalue weighted by Crippen LogP contribution is 2.30. The van der Waals surface area contributed by atoms with Crippen molar-refractivity contribution in [2.75, 3.05) is 20.3 Å². The van der Waals surface area contributed by atoms with E-state index in [1.54, 1.807) is 13.3 Å². The summed E-state index contributed by atoms with van der Waals surface area (Å²) >= 11 is 5.89. The Morgan fingerprint density at radius 3 is 2.78 bits per heavy atom. The van der Waals surface area contributed by atoms with Gasteiger partial charge >= 0.3 is 0 Å². The van der Waals surface area contributed by atoms with E-state index in [9.17, 15) is 0 Å². The molecule has 6 heteroatoms. The minimum absolute atomic E-state index is 0.0304. The van der Waals surface area contributed by atoms with Crippen LogP contribution in [0.15, 0.2) is 36.5 Å². The number of halogens is 1. The summed E-state index contributed by atoms with van der Waals surface area (Å²) in [4.78, 5) is 3.97. The molecular weight excluding hydrogens is 316 g/mol. The summed E-state index contributed by atoms with van der Waals surface area (Å²) in [6.07, 6.45) is 1.69. The molecule has 1 atom stereocenters. The zero-order chi connectivity index (χ0) is 16.7. The van der Waals surface area contributed by atoms with Crippen LogP contribution in [0.5, 0.6) is 11.5 Å². The lowest BCUT2D eigenvalue weighted by Crippen LogP contribution is -2.18. The van der Waals surface area contributed by atoms with Crippen LogP contribution in [0.1, 0.15) is 24.1 Å². The molecule has 0 saturated heterocycles. The van der Waals surface area contributed by atoms with E-state index in [-0.39, 0.29) is 19.3 Å². The first-order chi connectivity index (χ1) is 11.1. The summed E-state index contributed by atoms with van der Waals surface area (Å²) in [5, 5.41) is 12.8. The highest BCUT2D eigenvalue weighted by Gasteiger charge is 2.10. The molecule has 23 heavy (non-hydrogen) atoms. The van der Waals surface area contributed by atoms with Gasteiger partial charge in [0.1, 0.15) is 11.8 Å². The van der Waals surface area contributed by atoms with Crippen LogP contribution in [0.4, 0.5) is 0 Å². The minimum Gasteiger partial charge on any atom is -0.493 e. The molecule has 1 heterocycles. The van der Waals surface area contributed by atoms with Gasteiger partial charge in [-0.25, -0.2) is 4.98 Å². The molecule has 1 aromatic heterocycles. The average Bonchev–Trinajstić information content (AvgIpc) is 2.57. The summed E-state index contributed by atoms with van der Waals surface area (Å²) in [5.41, 5.74) is 2.16. The van der Waals surface area contributed by atoms with Crippen LogP contribution in [0.3, 0.4) is 0 Å². The summed E-state index contributed by atoms with van der Waals surface area (Å²) in [7, 11) is 1.60. The normalized spacial score (nSPS) is 12.0. The first kappa shape index (κ1) is 17.5. The molecular formula is C17H21ClN2O3. The van der Waals surface area contributed by atoms with Gasteiger partial charge in [-0.3, -0.25) is 0 Å². The van der Waals surface area contributed by atoms with E-state index in [4.69, 9.17) is 26.2 Å². The molecule has 2 rings (SSSR count). The maximum Gasteiger partial charge on any atom is 0.161 e. The fourth-order valence-corrected chi connectivity index (χ4v) is 2.37. The smallest absolute Gasteiger partial charge is 0.161 e. The number of hydrogen-bond donors (Lipinski definition) is 2. The quantitative estimate of drug-likeness (QED) is 0.726. The standard InChI is InChI=1S/C17H21ClN2O3/c1-12(20-11-13-5-6-19-17(18)9-13)14-3-4-15(23-8-7-21)16(10-14)22-2/h3-6,9-10,12,20-21H,7-8,11H2,1-2H3. The Morgan fingerprint density at radius 1 is 1.26 bits per heavy atom. The number of rotatable bonds is 8. The predicted octanol–water partition coefficient (Wildman–Crippen LogP) is 2.97. The Hall–Kier alpha value is -1.82. The Labute approximate surface area is 141 Å².